The van der Waals surface area contributed by atoms with E-state index in [0.29, 0.717) is 12.1 Å². The summed E-state index contributed by atoms with van der Waals surface area (Å²) >= 11 is 0. The maximum absolute atomic E-state index is 12.1. The van der Waals surface area contributed by atoms with Crippen molar-refractivity contribution in [1.29, 1.82) is 0 Å². The fourth-order valence-corrected chi connectivity index (χ4v) is 3.65. The maximum atomic E-state index is 12.1. The smallest absolute Gasteiger partial charge is 0.285 e. The molecular weight excluding hydrogens is 328 g/mol. The number of aromatic nitrogens is 1. The van der Waals surface area contributed by atoms with Crippen molar-refractivity contribution in [3.63, 3.8) is 0 Å². The molecule has 1 aromatic heterocycles. The Morgan fingerprint density at radius 2 is 1.92 bits per heavy atom. The van der Waals surface area contributed by atoms with E-state index in [4.69, 9.17) is 0 Å². The number of likely N-dealkylation sites (N-methyl/N-ethyl adjacent to an activating group) is 1. The van der Waals surface area contributed by atoms with Gasteiger partial charge in [-0.3, -0.25) is 9.78 Å². The molecule has 7 nitrogen and oxygen atoms in total. The standard InChI is InChI=1S/C16H16N4O3S/c1-20(11-15(21)18-10-12-6-4-5-9-17-12)16-13-7-2-3-8-14(13)24(22,23)19-16/h2-9H,10-11H2,1H3,(H,18,21). The van der Waals surface area contributed by atoms with E-state index < -0.39 is 10.0 Å². The second-order valence-corrected chi connectivity index (χ2v) is 6.91. The van der Waals surface area contributed by atoms with Gasteiger partial charge in [0.15, 0.2) is 5.84 Å². The van der Waals surface area contributed by atoms with E-state index in [0.717, 1.165) is 5.69 Å². The number of benzene rings is 1. The molecule has 0 radical (unpaired) electrons. The molecule has 1 aliphatic heterocycles. The minimum Gasteiger partial charge on any atom is -0.349 e. The number of amidine groups is 1. The largest absolute Gasteiger partial charge is 0.349 e. The lowest BCUT2D eigenvalue weighted by Gasteiger charge is -2.18. The van der Waals surface area contributed by atoms with Crippen LogP contribution in [0, 0.1) is 0 Å². The lowest BCUT2D eigenvalue weighted by atomic mass is 10.2. The van der Waals surface area contributed by atoms with Gasteiger partial charge in [0.1, 0.15) is 4.90 Å². The van der Waals surface area contributed by atoms with Crippen LogP contribution in [0.25, 0.3) is 0 Å². The van der Waals surface area contributed by atoms with E-state index in [1.165, 1.54) is 11.0 Å². The Balaban J connectivity index is 1.67. The van der Waals surface area contributed by atoms with Crippen molar-refractivity contribution in [2.45, 2.75) is 11.4 Å². The molecule has 0 saturated heterocycles. The van der Waals surface area contributed by atoms with Gasteiger partial charge in [-0.2, -0.15) is 8.42 Å². The van der Waals surface area contributed by atoms with Crippen molar-refractivity contribution in [3.05, 3.63) is 59.9 Å². The molecule has 2 heterocycles. The Morgan fingerprint density at radius 3 is 2.67 bits per heavy atom. The average Bonchev–Trinajstić information content (AvgIpc) is 2.86. The fraction of sp³-hybridized carbons (Fsp3) is 0.188. The Kier molecular flexibility index (Phi) is 4.30. The summed E-state index contributed by atoms with van der Waals surface area (Å²) in [6.07, 6.45) is 1.66. The summed E-state index contributed by atoms with van der Waals surface area (Å²) in [5, 5.41) is 2.75. The Labute approximate surface area is 140 Å². The highest BCUT2D eigenvalue weighted by Gasteiger charge is 2.30. The third-order valence-corrected chi connectivity index (χ3v) is 4.87. The highest BCUT2D eigenvalue weighted by atomic mass is 32.2. The van der Waals surface area contributed by atoms with Gasteiger partial charge in [0, 0.05) is 18.8 Å². The average molecular weight is 344 g/mol. The molecule has 0 spiro atoms. The van der Waals surface area contributed by atoms with E-state index in [-0.39, 0.29) is 23.2 Å². The van der Waals surface area contributed by atoms with Crippen molar-refractivity contribution in [2.75, 3.05) is 13.6 Å². The summed E-state index contributed by atoms with van der Waals surface area (Å²) < 4.78 is 27.9. The molecule has 8 heteroatoms. The first-order valence-electron chi connectivity index (χ1n) is 7.29. The number of fused-ring (bicyclic) bond motifs is 1. The van der Waals surface area contributed by atoms with Crippen LogP contribution in [0.5, 0.6) is 0 Å². The van der Waals surface area contributed by atoms with Gasteiger partial charge < -0.3 is 10.2 Å². The van der Waals surface area contributed by atoms with Gasteiger partial charge in [-0.1, -0.05) is 18.2 Å². The third kappa shape index (κ3) is 3.28. The van der Waals surface area contributed by atoms with Crippen LogP contribution in [0.15, 0.2) is 58.0 Å². The second kappa shape index (κ2) is 6.40. The minimum absolute atomic E-state index is 0.00444. The zero-order valence-corrected chi connectivity index (χ0v) is 13.8. The van der Waals surface area contributed by atoms with E-state index in [1.54, 1.807) is 37.5 Å². The van der Waals surface area contributed by atoms with Gasteiger partial charge in [-0.25, -0.2) is 0 Å². The van der Waals surface area contributed by atoms with Gasteiger partial charge in [-0.05, 0) is 24.3 Å². The first-order valence-corrected chi connectivity index (χ1v) is 8.73. The summed E-state index contributed by atoms with van der Waals surface area (Å²) in [5.41, 5.74) is 1.26. The summed E-state index contributed by atoms with van der Waals surface area (Å²) in [7, 11) is -2.05. The number of carbonyl (C=O) groups is 1. The predicted octanol–water partition coefficient (Wildman–Crippen LogP) is 0.779. The number of nitrogens with zero attached hydrogens (tertiary/aromatic N) is 3. The van der Waals surface area contributed by atoms with Gasteiger partial charge >= 0.3 is 0 Å². The molecule has 1 aromatic carbocycles. The van der Waals surface area contributed by atoms with Gasteiger partial charge in [0.25, 0.3) is 10.0 Å². The van der Waals surface area contributed by atoms with Crippen molar-refractivity contribution in [2.24, 2.45) is 4.40 Å². The quantitative estimate of drug-likeness (QED) is 0.885. The van der Waals surface area contributed by atoms with Crippen LogP contribution in [0.2, 0.25) is 0 Å². The van der Waals surface area contributed by atoms with Crippen LogP contribution >= 0.6 is 0 Å². The van der Waals surface area contributed by atoms with E-state index >= 15 is 0 Å². The molecule has 0 bridgehead atoms. The molecule has 0 unspecified atom stereocenters. The number of pyridine rings is 1. The van der Waals surface area contributed by atoms with Crippen molar-refractivity contribution >= 4 is 21.8 Å². The number of amides is 1. The molecule has 0 fully saturated rings. The number of carbonyl (C=O) groups excluding carboxylic acids is 1. The number of rotatable bonds is 4. The minimum atomic E-state index is -3.69. The Bertz CT molecular complexity index is 895. The van der Waals surface area contributed by atoms with Crippen molar-refractivity contribution in [3.8, 4) is 0 Å². The first-order chi connectivity index (χ1) is 11.5. The molecule has 0 aliphatic carbocycles. The highest BCUT2D eigenvalue weighted by Crippen LogP contribution is 2.26. The molecule has 2 aromatic rings. The summed E-state index contributed by atoms with van der Waals surface area (Å²) in [5.74, 6) is 0.0335. The Morgan fingerprint density at radius 1 is 1.17 bits per heavy atom. The van der Waals surface area contributed by atoms with Crippen LogP contribution in [-0.2, 0) is 21.4 Å². The molecular formula is C16H16N4O3S. The maximum Gasteiger partial charge on any atom is 0.285 e. The number of hydrogen-bond donors (Lipinski definition) is 1. The van der Waals surface area contributed by atoms with Crippen LogP contribution in [-0.4, -0.2) is 43.6 Å². The zero-order valence-electron chi connectivity index (χ0n) is 13.0. The number of nitrogens with one attached hydrogen (secondary N) is 1. The van der Waals surface area contributed by atoms with Crippen molar-refractivity contribution in [1.82, 2.24) is 15.2 Å². The molecule has 24 heavy (non-hydrogen) atoms. The third-order valence-electron chi connectivity index (χ3n) is 3.55. The SMILES string of the molecule is CN(CC(=O)NCc1ccccn1)C1=NS(=O)(=O)c2ccccc21. The van der Waals surface area contributed by atoms with E-state index in [9.17, 15) is 13.2 Å². The number of sulfonamides is 1. The van der Waals surface area contributed by atoms with Crippen LogP contribution in [0.4, 0.5) is 0 Å². The van der Waals surface area contributed by atoms with Crippen LogP contribution in [0.3, 0.4) is 0 Å². The lowest BCUT2D eigenvalue weighted by Crippen LogP contribution is -2.38. The van der Waals surface area contributed by atoms with E-state index in [2.05, 4.69) is 14.7 Å². The van der Waals surface area contributed by atoms with Gasteiger partial charge in [-0.15, -0.1) is 4.40 Å². The second-order valence-electron chi connectivity index (χ2n) is 5.34. The van der Waals surface area contributed by atoms with Crippen LogP contribution < -0.4 is 5.32 Å². The molecule has 1 aliphatic rings. The summed E-state index contributed by atoms with van der Waals surface area (Å²) in [4.78, 5) is 17.9. The zero-order chi connectivity index (χ0) is 17.2. The molecule has 0 saturated carbocycles. The normalized spacial score (nSPS) is 14.6. The molecule has 1 N–H and O–H groups in total. The monoisotopic (exact) mass is 344 g/mol. The molecule has 124 valence electrons. The first kappa shape index (κ1) is 16.1. The predicted molar refractivity (Wildman–Crippen MR) is 88.9 cm³/mol. The summed E-state index contributed by atoms with van der Waals surface area (Å²) in [6, 6.07) is 12.0. The van der Waals surface area contributed by atoms with Gasteiger partial charge in [0.2, 0.25) is 5.91 Å². The molecule has 3 rings (SSSR count). The highest BCUT2D eigenvalue weighted by molar-refractivity contribution is 7.90. The van der Waals surface area contributed by atoms with Crippen molar-refractivity contribution < 1.29 is 13.2 Å². The molecule has 0 atom stereocenters. The Hall–Kier alpha value is -2.74. The fourth-order valence-electron chi connectivity index (χ4n) is 2.40. The lowest BCUT2D eigenvalue weighted by molar-refractivity contribution is -0.121. The molecule has 1 amide bonds. The number of hydrogen-bond acceptors (Lipinski definition) is 5. The van der Waals surface area contributed by atoms with Gasteiger partial charge in [0.05, 0.1) is 18.8 Å². The summed E-state index contributed by atoms with van der Waals surface area (Å²) in [6.45, 7) is 0.310. The van der Waals surface area contributed by atoms with E-state index in [1.807, 2.05) is 12.1 Å². The van der Waals surface area contributed by atoms with Crippen LogP contribution in [0.1, 0.15) is 11.3 Å². The topological polar surface area (TPSA) is 91.7 Å².